The number of hydrogen-bond donors (Lipinski definition) is 3. The molecule has 0 spiro atoms. The predicted molar refractivity (Wildman–Crippen MR) is 62.8 cm³/mol. The van der Waals surface area contributed by atoms with Gasteiger partial charge < -0.3 is 15.4 Å². The zero-order chi connectivity index (χ0) is 11.5. The van der Waals surface area contributed by atoms with Crippen molar-refractivity contribution in [1.29, 1.82) is 0 Å². The van der Waals surface area contributed by atoms with E-state index in [-0.39, 0.29) is 0 Å². The third-order valence-corrected chi connectivity index (χ3v) is 2.67. The maximum atomic E-state index is 10.3. The molecule has 4 heteroatoms. The summed E-state index contributed by atoms with van der Waals surface area (Å²) in [5.41, 5.74) is 3.47. The molecule has 16 heavy (non-hydrogen) atoms. The van der Waals surface area contributed by atoms with Gasteiger partial charge in [0.05, 0.1) is 0 Å². The molecule has 0 bridgehead atoms. The molecule has 0 saturated heterocycles. The lowest BCUT2D eigenvalue weighted by Crippen LogP contribution is -2.23. The van der Waals surface area contributed by atoms with Crippen LogP contribution in [0.2, 0.25) is 0 Å². The van der Waals surface area contributed by atoms with Gasteiger partial charge in [0.25, 0.3) is 0 Å². The van der Waals surface area contributed by atoms with Gasteiger partial charge >= 0.3 is 6.09 Å². The van der Waals surface area contributed by atoms with E-state index in [1.807, 2.05) is 18.3 Å². The minimum Gasteiger partial charge on any atom is -0.465 e. The van der Waals surface area contributed by atoms with Crippen molar-refractivity contribution < 1.29 is 9.90 Å². The highest BCUT2D eigenvalue weighted by Crippen LogP contribution is 2.22. The highest BCUT2D eigenvalue weighted by molar-refractivity contribution is 5.86. The van der Waals surface area contributed by atoms with Crippen molar-refractivity contribution in [3.05, 3.63) is 35.5 Å². The van der Waals surface area contributed by atoms with Gasteiger partial charge in [-0.15, -0.1) is 0 Å². The van der Waals surface area contributed by atoms with Crippen molar-refractivity contribution in [2.24, 2.45) is 0 Å². The molecule has 0 aliphatic carbocycles. The molecule has 1 heterocycles. The first-order valence-electron chi connectivity index (χ1n) is 5.21. The average molecular weight is 218 g/mol. The largest absolute Gasteiger partial charge is 0.465 e. The van der Waals surface area contributed by atoms with Crippen LogP contribution in [-0.4, -0.2) is 22.7 Å². The van der Waals surface area contributed by atoms with Crippen LogP contribution in [0.25, 0.3) is 10.9 Å². The van der Waals surface area contributed by atoms with Crippen molar-refractivity contribution in [3.8, 4) is 0 Å². The molecule has 3 N–H and O–H groups in total. The van der Waals surface area contributed by atoms with Crippen molar-refractivity contribution in [3.63, 3.8) is 0 Å². The third kappa shape index (κ3) is 2.00. The minimum atomic E-state index is -0.975. The fraction of sp³-hybridized carbons (Fsp3) is 0.250. The zero-order valence-electron chi connectivity index (χ0n) is 9.08. The van der Waals surface area contributed by atoms with Gasteiger partial charge in [0, 0.05) is 23.6 Å². The quantitative estimate of drug-likeness (QED) is 0.740. The lowest BCUT2D eigenvalue weighted by molar-refractivity contribution is 0.194. The summed E-state index contributed by atoms with van der Waals surface area (Å²) in [6.45, 7) is 2.50. The monoisotopic (exact) mass is 218 g/mol. The summed E-state index contributed by atoms with van der Waals surface area (Å²) >= 11 is 0. The SMILES string of the molecule is Cc1cccc2[nH]cc(CCNC(=O)O)c12. The van der Waals surface area contributed by atoms with Gasteiger partial charge in [-0.2, -0.15) is 0 Å². The van der Waals surface area contributed by atoms with Crippen molar-refractivity contribution in [2.45, 2.75) is 13.3 Å². The molecule has 2 aromatic rings. The van der Waals surface area contributed by atoms with Crippen LogP contribution in [0.4, 0.5) is 4.79 Å². The first-order chi connectivity index (χ1) is 7.68. The number of H-pyrrole nitrogens is 1. The van der Waals surface area contributed by atoms with Crippen LogP contribution in [0.5, 0.6) is 0 Å². The van der Waals surface area contributed by atoms with Gasteiger partial charge in [0.15, 0.2) is 0 Å². The lowest BCUT2D eigenvalue weighted by atomic mass is 10.1. The molecule has 0 radical (unpaired) electrons. The second-order valence-corrected chi connectivity index (χ2v) is 3.79. The van der Waals surface area contributed by atoms with Crippen LogP contribution in [0.1, 0.15) is 11.1 Å². The van der Waals surface area contributed by atoms with E-state index in [4.69, 9.17) is 5.11 Å². The summed E-state index contributed by atoms with van der Waals surface area (Å²) in [7, 11) is 0. The smallest absolute Gasteiger partial charge is 0.404 e. The van der Waals surface area contributed by atoms with Gasteiger partial charge in [0.2, 0.25) is 0 Å². The maximum Gasteiger partial charge on any atom is 0.404 e. The van der Waals surface area contributed by atoms with E-state index >= 15 is 0 Å². The Balaban J connectivity index is 2.21. The lowest BCUT2D eigenvalue weighted by Gasteiger charge is -2.02. The topological polar surface area (TPSA) is 65.1 Å². The number of aryl methyl sites for hydroxylation is 1. The van der Waals surface area contributed by atoms with Crippen LogP contribution in [-0.2, 0) is 6.42 Å². The number of amides is 1. The molecule has 0 aliphatic heterocycles. The molecule has 4 nitrogen and oxygen atoms in total. The molecule has 84 valence electrons. The summed E-state index contributed by atoms with van der Waals surface area (Å²) in [6, 6.07) is 6.09. The Morgan fingerprint density at radius 3 is 3.06 bits per heavy atom. The van der Waals surface area contributed by atoms with Crippen LogP contribution >= 0.6 is 0 Å². The molecular formula is C12H14N2O2. The fourth-order valence-electron chi connectivity index (χ4n) is 1.95. The Hall–Kier alpha value is -1.97. The van der Waals surface area contributed by atoms with Gasteiger partial charge in [-0.3, -0.25) is 0 Å². The highest BCUT2D eigenvalue weighted by atomic mass is 16.4. The number of aromatic amines is 1. The summed E-state index contributed by atoms with van der Waals surface area (Å²) in [5, 5.41) is 12.1. The summed E-state index contributed by atoms with van der Waals surface area (Å²) in [4.78, 5) is 13.5. The molecule has 0 aliphatic rings. The number of benzene rings is 1. The Morgan fingerprint density at radius 1 is 1.50 bits per heavy atom. The minimum absolute atomic E-state index is 0.441. The van der Waals surface area contributed by atoms with Crippen LogP contribution in [0.3, 0.4) is 0 Å². The van der Waals surface area contributed by atoms with Gasteiger partial charge in [-0.25, -0.2) is 4.79 Å². The standard InChI is InChI=1S/C12H14N2O2/c1-8-3-2-4-10-11(8)9(7-14-10)5-6-13-12(15)16/h2-4,7,13-14H,5-6H2,1H3,(H,15,16). The van der Waals surface area contributed by atoms with Crippen LogP contribution in [0, 0.1) is 6.92 Å². The number of carboxylic acid groups (broad SMARTS) is 1. The maximum absolute atomic E-state index is 10.3. The first kappa shape index (κ1) is 10.5. The molecule has 1 aromatic heterocycles. The fourth-order valence-corrected chi connectivity index (χ4v) is 1.95. The average Bonchev–Trinajstić information content (AvgIpc) is 2.62. The van der Waals surface area contributed by atoms with E-state index in [0.717, 1.165) is 11.1 Å². The third-order valence-electron chi connectivity index (χ3n) is 2.67. The number of nitrogens with one attached hydrogen (secondary N) is 2. The Kier molecular flexibility index (Phi) is 2.81. The van der Waals surface area contributed by atoms with Crippen LogP contribution < -0.4 is 5.32 Å². The number of fused-ring (bicyclic) bond motifs is 1. The summed E-state index contributed by atoms with van der Waals surface area (Å²) < 4.78 is 0. The second kappa shape index (κ2) is 4.26. The predicted octanol–water partition coefficient (Wildman–Crippen LogP) is 2.29. The van der Waals surface area contributed by atoms with Gasteiger partial charge in [-0.05, 0) is 30.5 Å². The Bertz CT molecular complexity index is 517. The molecule has 2 rings (SSSR count). The molecule has 0 fully saturated rings. The molecule has 1 amide bonds. The second-order valence-electron chi connectivity index (χ2n) is 3.79. The molecule has 0 atom stereocenters. The number of hydrogen-bond acceptors (Lipinski definition) is 1. The van der Waals surface area contributed by atoms with E-state index < -0.39 is 6.09 Å². The van der Waals surface area contributed by atoms with Gasteiger partial charge in [-0.1, -0.05) is 12.1 Å². The Labute approximate surface area is 93.3 Å². The van der Waals surface area contributed by atoms with Crippen LogP contribution in [0.15, 0.2) is 24.4 Å². The van der Waals surface area contributed by atoms with E-state index in [2.05, 4.69) is 23.3 Å². The van der Waals surface area contributed by atoms with E-state index in [1.165, 1.54) is 10.9 Å². The van der Waals surface area contributed by atoms with E-state index in [9.17, 15) is 4.79 Å². The molecule has 0 saturated carbocycles. The zero-order valence-corrected chi connectivity index (χ0v) is 9.08. The van der Waals surface area contributed by atoms with Gasteiger partial charge in [0.1, 0.15) is 0 Å². The highest BCUT2D eigenvalue weighted by Gasteiger charge is 2.05. The summed E-state index contributed by atoms with van der Waals surface area (Å²) in [5.74, 6) is 0. The molecule has 0 unspecified atom stereocenters. The summed E-state index contributed by atoms with van der Waals surface area (Å²) in [6.07, 6.45) is 1.68. The first-order valence-corrected chi connectivity index (χ1v) is 5.21. The van der Waals surface area contributed by atoms with E-state index in [1.54, 1.807) is 0 Å². The van der Waals surface area contributed by atoms with Crippen molar-refractivity contribution in [1.82, 2.24) is 10.3 Å². The van der Waals surface area contributed by atoms with Crippen molar-refractivity contribution in [2.75, 3.05) is 6.54 Å². The molecule has 1 aromatic carbocycles. The number of carbonyl (C=O) groups is 1. The number of rotatable bonds is 3. The van der Waals surface area contributed by atoms with Crippen molar-refractivity contribution >= 4 is 17.0 Å². The Morgan fingerprint density at radius 2 is 2.31 bits per heavy atom. The van der Waals surface area contributed by atoms with E-state index in [0.29, 0.717) is 13.0 Å². The molecular weight excluding hydrogens is 204 g/mol. The normalized spacial score (nSPS) is 10.6. The number of aromatic nitrogens is 1.